The summed E-state index contributed by atoms with van der Waals surface area (Å²) in [7, 11) is 0. The fraction of sp³-hybridized carbons (Fsp3) is 0.906. The maximum Gasteiger partial charge on any atom is 0.303 e. The van der Waals surface area contributed by atoms with Gasteiger partial charge in [0.1, 0.15) is 6.04 Å². The Labute approximate surface area is 247 Å². The van der Waals surface area contributed by atoms with Gasteiger partial charge in [-0.1, -0.05) is 20.4 Å². The molecule has 0 aromatic rings. The van der Waals surface area contributed by atoms with Gasteiger partial charge in [0.05, 0.1) is 39.0 Å². The Balaban J connectivity index is 0.00000308. The molecule has 0 radical (unpaired) electrons. The average molecular weight is 610 g/mol. The molecule has 222 valence electrons. The van der Waals surface area contributed by atoms with E-state index >= 15 is 0 Å². The van der Waals surface area contributed by atoms with Crippen LogP contribution in [0, 0.1) is 34.5 Å². The summed E-state index contributed by atoms with van der Waals surface area (Å²) in [5.74, 6) is 2.54. The number of aliphatic hydroxyl groups is 1. The van der Waals surface area contributed by atoms with Crippen LogP contribution in [0.4, 0.5) is 0 Å². The first-order valence-corrected chi connectivity index (χ1v) is 15.9. The van der Waals surface area contributed by atoms with E-state index in [0.29, 0.717) is 29.7 Å². The summed E-state index contributed by atoms with van der Waals surface area (Å²) in [6, 6.07) is 0.663. The zero-order chi connectivity index (χ0) is 26.7. The van der Waals surface area contributed by atoms with Crippen molar-refractivity contribution in [2.45, 2.75) is 103 Å². The smallest absolute Gasteiger partial charge is 0.303 e. The van der Waals surface area contributed by atoms with Gasteiger partial charge in [-0.15, -0.1) is 0 Å². The Morgan fingerprint density at radius 3 is 2.49 bits per heavy atom. The van der Waals surface area contributed by atoms with Gasteiger partial charge in [-0.2, -0.15) is 0 Å². The average Bonchev–Trinajstić information content (AvgIpc) is 3.48. The van der Waals surface area contributed by atoms with E-state index in [-0.39, 0.29) is 52.0 Å². The first-order chi connectivity index (χ1) is 18.2. The molecule has 2 aliphatic heterocycles. The van der Waals surface area contributed by atoms with Gasteiger partial charge in [-0.3, -0.25) is 9.69 Å². The van der Waals surface area contributed by atoms with Crippen LogP contribution in [-0.2, 0) is 14.3 Å². The normalized spacial score (nSPS) is 47.3. The summed E-state index contributed by atoms with van der Waals surface area (Å²) in [4.78, 5) is 15.0. The van der Waals surface area contributed by atoms with Gasteiger partial charge in [0.25, 0.3) is 0 Å². The Hall–Kier alpha value is -0.470. The van der Waals surface area contributed by atoms with Crippen molar-refractivity contribution in [3.63, 3.8) is 0 Å². The van der Waals surface area contributed by atoms with Gasteiger partial charge in [0, 0.05) is 50.7 Å². The number of hydrogen-bond acceptors (Lipinski definition) is 5. The Bertz CT molecular complexity index is 905. The number of rotatable bonds is 5. The van der Waals surface area contributed by atoms with Crippen molar-refractivity contribution in [1.82, 2.24) is 4.90 Å². The summed E-state index contributed by atoms with van der Waals surface area (Å²) in [5, 5.41) is 11.3. The molecule has 0 spiro atoms. The molecule has 4 aliphatic carbocycles. The number of likely N-dealkylation sites (tertiary alicyclic amines) is 1. The lowest BCUT2D eigenvalue weighted by atomic mass is 9.44. The molecule has 0 bridgehead atoms. The highest BCUT2D eigenvalue weighted by Crippen LogP contribution is 2.67. The second kappa shape index (κ2) is 11.3. The van der Waals surface area contributed by atoms with Crippen molar-refractivity contribution in [1.29, 1.82) is 0 Å². The monoisotopic (exact) mass is 608 g/mol. The summed E-state index contributed by atoms with van der Waals surface area (Å²) < 4.78 is 13.1. The fourth-order valence-electron chi connectivity index (χ4n) is 11.3. The number of hydrogen-bond donors (Lipinski definition) is 1. The molecule has 2 heterocycles. The SMILES string of the molecule is C=CC[N+]1(C2CC3C4CC[C@H]5C[C@H](O)C(N6CCOCC6)C[C@]5(C)C4CC[C@]3(C)[C@H]2OC(C)=O)CCCC1.[Br-]. The third-order valence-corrected chi connectivity index (χ3v) is 13.1. The van der Waals surface area contributed by atoms with E-state index < -0.39 is 0 Å². The maximum absolute atomic E-state index is 12.5. The Morgan fingerprint density at radius 2 is 1.82 bits per heavy atom. The highest BCUT2D eigenvalue weighted by atomic mass is 79.9. The molecule has 4 saturated carbocycles. The molecule has 2 saturated heterocycles. The van der Waals surface area contributed by atoms with Crippen molar-refractivity contribution in [2.75, 3.05) is 45.9 Å². The predicted octanol–water partition coefficient (Wildman–Crippen LogP) is 1.41. The van der Waals surface area contributed by atoms with E-state index in [1.807, 2.05) is 0 Å². The second-order valence-corrected chi connectivity index (χ2v) is 14.6. The van der Waals surface area contributed by atoms with Gasteiger partial charge >= 0.3 is 5.97 Å². The molecule has 6 fully saturated rings. The zero-order valence-corrected chi connectivity index (χ0v) is 26.2. The number of quaternary nitrogens is 1. The quantitative estimate of drug-likeness (QED) is 0.291. The fourth-order valence-corrected chi connectivity index (χ4v) is 11.3. The molecular weight excluding hydrogens is 556 g/mol. The molecule has 0 aromatic carbocycles. The number of morpholine rings is 1. The molecule has 7 heteroatoms. The van der Waals surface area contributed by atoms with Crippen LogP contribution in [0.15, 0.2) is 12.7 Å². The van der Waals surface area contributed by atoms with Crippen LogP contribution in [0.3, 0.4) is 0 Å². The Kier molecular flexibility index (Phi) is 8.70. The lowest BCUT2D eigenvalue weighted by molar-refractivity contribution is -0.937. The van der Waals surface area contributed by atoms with E-state index in [1.165, 1.54) is 51.6 Å². The van der Waals surface area contributed by atoms with E-state index in [9.17, 15) is 9.90 Å². The van der Waals surface area contributed by atoms with Crippen LogP contribution in [0.2, 0.25) is 0 Å². The number of esters is 1. The minimum absolute atomic E-state index is 0. The number of carbonyl (C=O) groups is 1. The summed E-state index contributed by atoms with van der Waals surface area (Å²) >= 11 is 0. The summed E-state index contributed by atoms with van der Waals surface area (Å²) in [6.45, 7) is 17.7. The van der Waals surface area contributed by atoms with Crippen molar-refractivity contribution < 1.29 is 40.8 Å². The van der Waals surface area contributed by atoms with E-state index in [1.54, 1.807) is 6.92 Å². The number of fused-ring (bicyclic) bond motifs is 5. The molecule has 5 unspecified atom stereocenters. The minimum atomic E-state index is -0.209. The molecule has 6 nitrogen and oxygen atoms in total. The van der Waals surface area contributed by atoms with Crippen molar-refractivity contribution in [3.8, 4) is 0 Å². The molecule has 10 atom stereocenters. The van der Waals surface area contributed by atoms with Crippen LogP contribution in [0.1, 0.15) is 78.6 Å². The topological polar surface area (TPSA) is 59.0 Å². The van der Waals surface area contributed by atoms with Crippen molar-refractivity contribution in [2.24, 2.45) is 34.5 Å². The standard InChI is InChI=1S/C32H53N2O4.BrH/c1-5-14-34(15-6-7-16-34)28-20-26-24-9-8-23-19-29(36)27(33-12-17-37-18-13-33)21-32(23,4)25(24)10-11-31(26,3)30(28)38-22(2)35;/h5,23-30,36H,1,6-21H2,2-4H3;1H/q+1;/p-1/t23-,24?,25?,26?,27?,28?,29-,30-,31-,32-;/m0./s1. The van der Waals surface area contributed by atoms with Gasteiger partial charge < -0.3 is 36.0 Å². The zero-order valence-electron chi connectivity index (χ0n) is 24.7. The van der Waals surface area contributed by atoms with Crippen LogP contribution in [0.5, 0.6) is 0 Å². The highest BCUT2D eigenvalue weighted by Gasteiger charge is 2.67. The lowest BCUT2D eigenvalue weighted by Crippen LogP contribution is -3.00. The molecule has 0 aromatic heterocycles. The van der Waals surface area contributed by atoms with Gasteiger partial charge in [-0.25, -0.2) is 0 Å². The second-order valence-electron chi connectivity index (χ2n) is 14.6. The molecular formula is C32H53BrN2O4. The molecule has 1 N–H and O–H groups in total. The van der Waals surface area contributed by atoms with E-state index in [2.05, 4.69) is 31.4 Å². The lowest BCUT2D eigenvalue weighted by Gasteiger charge is -2.62. The van der Waals surface area contributed by atoms with Gasteiger partial charge in [0.15, 0.2) is 6.10 Å². The first-order valence-electron chi connectivity index (χ1n) is 15.9. The van der Waals surface area contributed by atoms with Crippen molar-refractivity contribution in [3.05, 3.63) is 12.7 Å². The molecule has 6 aliphatic rings. The highest BCUT2D eigenvalue weighted by molar-refractivity contribution is 5.66. The number of carbonyl (C=O) groups excluding carboxylic acids is 1. The number of nitrogens with zero attached hydrogens (tertiary/aromatic N) is 2. The third kappa shape index (κ3) is 4.88. The number of aliphatic hydroxyl groups excluding tert-OH is 1. The molecule has 0 amide bonds. The van der Waals surface area contributed by atoms with Crippen LogP contribution >= 0.6 is 0 Å². The molecule has 6 rings (SSSR count). The Morgan fingerprint density at radius 1 is 1.10 bits per heavy atom. The van der Waals surface area contributed by atoms with Crippen LogP contribution < -0.4 is 17.0 Å². The first kappa shape index (κ1) is 30.0. The largest absolute Gasteiger partial charge is 1.00 e. The van der Waals surface area contributed by atoms with E-state index in [4.69, 9.17) is 9.47 Å². The third-order valence-electron chi connectivity index (χ3n) is 13.1. The number of halogens is 1. The van der Waals surface area contributed by atoms with E-state index in [0.717, 1.165) is 56.6 Å². The summed E-state index contributed by atoms with van der Waals surface area (Å²) in [6.07, 6.45) is 12.7. The van der Waals surface area contributed by atoms with Crippen LogP contribution in [0.25, 0.3) is 0 Å². The summed E-state index contributed by atoms with van der Waals surface area (Å²) in [5.41, 5.74) is 0.343. The number of ether oxygens (including phenoxy) is 2. The van der Waals surface area contributed by atoms with Gasteiger partial charge in [0.2, 0.25) is 0 Å². The van der Waals surface area contributed by atoms with Crippen LogP contribution in [-0.4, -0.2) is 90.7 Å². The maximum atomic E-state index is 12.5. The predicted molar refractivity (Wildman–Crippen MR) is 148 cm³/mol. The minimum Gasteiger partial charge on any atom is -1.00 e. The molecule has 39 heavy (non-hydrogen) atoms. The van der Waals surface area contributed by atoms with Gasteiger partial charge in [-0.05, 0) is 73.7 Å². The van der Waals surface area contributed by atoms with Crippen molar-refractivity contribution >= 4 is 5.97 Å².